The van der Waals surface area contributed by atoms with E-state index in [9.17, 15) is 0 Å². The third-order valence-corrected chi connectivity index (χ3v) is 17.5. The van der Waals surface area contributed by atoms with Gasteiger partial charge in [-0.3, -0.25) is 0 Å². The number of hydrogen-bond acceptors (Lipinski definition) is 0. The van der Waals surface area contributed by atoms with Crippen LogP contribution in [0.15, 0.2) is 43.5 Å². The van der Waals surface area contributed by atoms with Crippen molar-refractivity contribution in [2.45, 2.75) is 91.4 Å². The van der Waals surface area contributed by atoms with Gasteiger partial charge in [-0.25, -0.2) is 0 Å². The van der Waals surface area contributed by atoms with Crippen molar-refractivity contribution in [1.29, 1.82) is 0 Å². The van der Waals surface area contributed by atoms with Gasteiger partial charge in [0, 0.05) is 46.0 Å². The third kappa shape index (κ3) is 2.61. The molecule has 2 rings (SSSR count). The van der Waals surface area contributed by atoms with Crippen molar-refractivity contribution in [3.63, 3.8) is 0 Å². The molecule has 2 unspecified atom stereocenters. The fourth-order valence-electron chi connectivity index (χ4n) is 6.02. The minimum Gasteiger partial charge on any atom is -0.0882 e. The van der Waals surface area contributed by atoms with Gasteiger partial charge < -0.3 is 0 Å². The van der Waals surface area contributed by atoms with Crippen LogP contribution in [0.1, 0.15) is 69.2 Å². The maximum atomic E-state index is 7.11. The van der Waals surface area contributed by atoms with Gasteiger partial charge in [0.2, 0.25) is 0 Å². The van der Waals surface area contributed by atoms with Crippen LogP contribution >= 0.6 is 23.2 Å². The molecule has 0 aromatic carbocycles. The van der Waals surface area contributed by atoms with Crippen molar-refractivity contribution in [3.05, 3.63) is 43.5 Å². The molecule has 2 atom stereocenters. The van der Waals surface area contributed by atoms with Crippen LogP contribution in [0.4, 0.5) is 0 Å². The number of rotatable bonds is 4. The monoisotopic (exact) mass is 576 g/mol. The Balaban J connectivity index is 0.00000338. The minimum atomic E-state index is -2.04. The van der Waals surface area contributed by atoms with Crippen molar-refractivity contribution < 1.29 is 25.8 Å². The summed E-state index contributed by atoms with van der Waals surface area (Å²) in [7, 11) is -2.04. The Morgan fingerprint density at radius 3 is 1.08 bits per heavy atom. The zero-order valence-corrected chi connectivity index (χ0v) is 24.3. The zero-order chi connectivity index (χ0) is 19.5. The summed E-state index contributed by atoms with van der Waals surface area (Å²) < 4.78 is 0. The fourth-order valence-corrected chi connectivity index (χ4v) is 15.0. The second-order valence-electron chi connectivity index (χ2n) is 8.42. The average Bonchev–Trinajstić information content (AvgIpc) is 2.85. The molecule has 2 aliphatic carbocycles. The second kappa shape index (κ2) is 7.80. The first-order valence-electron chi connectivity index (χ1n) is 9.50. The van der Waals surface area contributed by atoms with Gasteiger partial charge in [0.15, 0.2) is 0 Å². The van der Waals surface area contributed by atoms with E-state index in [1.54, 1.807) is 0 Å². The van der Waals surface area contributed by atoms with E-state index in [1.807, 2.05) is 0 Å². The summed E-state index contributed by atoms with van der Waals surface area (Å²) in [5.74, 6) is 0. The van der Waals surface area contributed by atoms with Gasteiger partial charge in [-0.2, -0.15) is 0 Å². The fraction of sp³-hybridized carbons (Fsp3) is 0.636. The molecule has 4 heteroatoms. The molecule has 0 nitrogen and oxygen atoms in total. The van der Waals surface area contributed by atoms with Crippen molar-refractivity contribution in [1.82, 2.24) is 0 Å². The topological polar surface area (TPSA) is 0 Å². The quantitative estimate of drug-likeness (QED) is 0.294. The maximum absolute atomic E-state index is 7.11. The largest absolute Gasteiger partial charge is 0.0882 e. The molecule has 0 aliphatic heterocycles. The van der Waals surface area contributed by atoms with Gasteiger partial charge in [0.25, 0.3) is 0 Å². The summed E-state index contributed by atoms with van der Waals surface area (Å²) in [6.45, 7) is 23.0. The Morgan fingerprint density at radius 2 is 0.923 bits per heavy atom. The standard InChI is InChI=1S/C22H34Cl2Si.Hf/c1-11-25(12-2,21(9)17(7)13(3)15(5)19(21)23)22(10)18(8)14(4)16(6)20(22)24;/h11-12H2,1-10H3;. The Kier molecular flexibility index (Phi) is 7.40. The first-order valence-corrected chi connectivity index (χ1v) is 12.7. The van der Waals surface area contributed by atoms with E-state index in [1.165, 1.54) is 45.5 Å². The molecule has 0 aromatic rings. The molecule has 0 saturated heterocycles. The Bertz CT molecular complexity index is 640. The van der Waals surface area contributed by atoms with E-state index < -0.39 is 8.07 Å². The number of hydrogen-bond donors (Lipinski definition) is 0. The molecule has 0 aromatic heterocycles. The van der Waals surface area contributed by atoms with Gasteiger partial charge in [-0.15, -0.1) is 0 Å². The molecule has 26 heavy (non-hydrogen) atoms. The van der Waals surface area contributed by atoms with Crippen molar-refractivity contribution in [2.75, 3.05) is 0 Å². The van der Waals surface area contributed by atoms with Crippen LogP contribution < -0.4 is 0 Å². The summed E-state index contributed by atoms with van der Waals surface area (Å²) in [6.07, 6.45) is 0. The predicted molar refractivity (Wildman–Crippen MR) is 117 cm³/mol. The van der Waals surface area contributed by atoms with E-state index in [0.717, 1.165) is 10.1 Å². The molecule has 2 aliphatic rings. The molecule has 0 saturated carbocycles. The Hall–Kier alpha value is 0.627. The third-order valence-electron chi connectivity index (χ3n) is 8.41. The van der Waals surface area contributed by atoms with Crippen LogP contribution in [0.2, 0.25) is 22.2 Å². The molecule has 0 bridgehead atoms. The summed E-state index contributed by atoms with van der Waals surface area (Å²) in [5, 5.41) is 2.01. The van der Waals surface area contributed by atoms with Crippen molar-refractivity contribution in [2.24, 2.45) is 0 Å². The molecular weight excluding hydrogens is 542 g/mol. The predicted octanol–water partition coefficient (Wildman–Crippen LogP) is 8.72. The van der Waals surface area contributed by atoms with Crippen LogP contribution in [0, 0.1) is 0 Å². The zero-order valence-electron chi connectivity index (χ0n) is 18.2. The molecule has 0 fully saturated rings. The van der Waals surface area contributed by atoms with E-state index in [0.29, 0.717) is 0 Å². The van der Waals surface area contributed by atoms with Crippen LogP contribution in [0.3, 0.4) is 0 Å². The molecule has 144 valence electrons. The van der Waals surface area contributed by atoms with Crippen LogP contribution in [-0.2, 0) is 25.8 Å². The smallest absolute Gasteiger partial charge is 0.0868 e. The Morgan fingerprint density at radius 1 is 0.654 bits per heavy atom. The number of halogens is 2. The van der Waals surface area contributed by atoms with Gasteiger partial charge >= 0.3 is 0 Å². The molecule has 0 N–H and O–H groups in total. The summed E-state index contributed by atoms with van der Waals surface area (Å²) >= 11 is 14.2. The number of allylic oxidation sites excluding steroid dienone is 8. The Labute approximate surface area is 191 Å². The van der Waals surface area contributed by atoms with Gasteiger partial charge in [0.05, 0.1) is 8.07 Å². The summed E-state index contributed by atoms with van der Waals surface area (Å²) in [5.41, 5.74) is 8.23. The average molecular weight is 576 g/mol. The second-order valence-corrected chi connectivity index (χ2v) is 14.8. The molecule has 0 radical (unpaired) electrons. The van der Waals surface area contributed by atoms with E-state index in [4.69, 9.17) is 23.2 Å². The first kappa shape index (κ1) is 24.7. The molecular formula is C22H34Cl2HfSi. The summed E-state index contributed by atoms with van der Waals surface area (Å²) in [6, 6.07) is 2.33. The van der Waals surface area contributed by atoms with Crippen LogP contribution in [0.5, 0.6) is 0 Å². The van der Waals surface area contributed by atoms with Crippen molar-refractivity contribution in [3.8, 4) is 0 Å². The van der Waals surface area contributed by atoms with E-state index in [2.05, 4.69) is 69.2 Å². The maximum Gasteiger partial charge on any atom is 0.0868 e. The molecule has 0 amide bonds. The molecule has 0 spiro atoms. The normalized spacial score (nSPS) is 30.0. The summed E-state index contributed by atoms with van der Waals surface area (Å²) in [4.78, 5) is 0. The SMILES string of the molecule is CC[Si](CC)(C1(C)C(C)=C(C)C(C)=C1Cl)C1(C)C(C)=C(C)C(C)=C1Cl.[Hf]. The molecule has 0 heterocycles. The first-order chi connectivity index (χ1) is 11.4. The van der Waals surface area contributed by atoms with E-state index >= 15 is 0 Å². The van der Waals surface area contributed by atoms with E-state index in [-0.39, 0.29) is 35.9 Å². The van der Waals surface area contributed by atoms with Gasteiger partial charge in [-0.1, -0.05) is 74.1 Å². The van der Waals surface area contributed by atoms with Crippen LogP contribution in [-0.4, -0.2) is 8.07 Å². The van der Waals surface area contributed by atoms with Crippen molar-refractivity contribution >= 4 is 31.3 Å². The van der Waals surface area contributed by atoms with Crippen LogP contribution in [0.25, 0.3) is 0 Å². The van der Waals surface area contributed by atoms with Gasteiger partial charge in [-0.05, 0) is 63.8 Å². The van der Waals surface area contributed by atoms with Gasteiger partial charge in [0.1, 0.15) is 0 Å². The minimum absolute atomic E-state index is 0.